The van der Waals surface area contributed by atoms with Crippen molar-refractivity contribution in [3.8, 4) is 5.75 Å². The minimum atomic E-state index is -1.68. The zero-order valence-corrected chi connectivity index (χ0v) is 25.1. The number of imide groups is 1. The summed E-state index contributed by atoms with van der Waals surface area (Å²) in [4.78, 5) is 28.8. The Bertz CT molecular complexity index is 1410. The average molecular weight is 572 g/mol. The fourth-order valence-electron chi connectivity index (χ4n) is 7.31. The van der Waals surface area contributed by atoms with Crippen LogP contribution in [0.4, 0.5) is 5.69 Å². The summed E-state index contributed by atoms with van der Waals surface area (Å²) < 4.78 is 6.43. The number of benzene rings is 2. The maximum absolute atomic E-state index is 13.9. The number of aryl methyl sites for hydroxylation is 2. The molecule has 0 radical (unpaired) electrons. The molecule has 8 heteroatoms. The maximum Gasteiger partial charge on any atom is 0.488 e. The largest absolute Gasteiger partial charge is 0.507 e. The van der Waals surface area contributed by atoms with Crippen LogP contribution in [-0.2, 0) is 14.3 Å². The van der Waals surface area contributed by atoms with Crippen molar-refractivity contribution in [2.45, 2.75) is 78.7 Å². The first kappa shape index (κ1) is 30.3. The monoisotopic (exact) mass is 571 g/mol. The third kappa shape index (κ3) is 5.72. The van der Waals surface area contributed by atoms with Crippen molar-refractivity contribution in [2.24, 2.45) is 17.8 Å². The number of carbonyl (C=O) groups is 2. The number of hydrogen-bond acceptors (Lipinski definition) is 6. The highest BCUT2D eigenvalue weighted by Gasteiger charge is 2.57. The van der Waals surface area contributed by atoms with Crippen molar-refractivity contribution >= 4 is 36.2 Å². The van der Waals surface area contributed by atoms with Gasteiger partial charge >= 0.3 is 7.12 Å². The van der Waals surface area contributed by atoms with Crippen molar-refractivity contribution in [1.82, 2.24) is 0 Å². The Morgan fingerprint density at radius 3 is 2.43 bits per heavy atom. The highest BCUT2D eigenvalue weighted by molar-refractivity contribution is 6.58. The van der Waals surface area contributed by atoms with Gasteiger partial charge in [0.1, 0.15) is 5.75 Å². The highest BCUT2D eigenvalue weighted by atomic mass is 16.5. The first-order valence-electron chi connectivity index (χ1n) is 15.3. The number of anilines is 1. The van der Waals surface area contributed by atoms with E-state index in [0.717, 1.165) is 55.2 Å². The Labute approximate surface area is 249 Å². The number of fused-ring (bicyclic) bond motifs is 3. The Hall–Kier alpha value is -3.20. The third-order valence-electron chi connectivity index (χ3n) is 9.17. The quantitative estimate of drug-likeness (QED) is 0.211. The van der Waals surface area contributed by atoms with Crippen LogP contribution < -0.4 is 10.4 Å². The Morgan fingerprint density at radius 2 is 1.76 bits per heavy atom. The fourth-order valence-corrected chi connectivity index (χ4v) is 7.31. The van der Waals surface area contributed by atoms with E-state index < -0.39 is 19.0 Å². The molecule has 7 nitrogen and oxygen atoms in total. The van der Waals surface area contributed by atoms with E-state index >= 15 is 0 Å². The molecule has 2 heterocycles. The van der Waals surface area contributed by atoms with Gasteiger partial charge in [0.05, 0.1) is 30.2 Å². The average Bonchev–Trinajstić information content (AvgIpc) is 3.49. The summed E-state index contributed by atoms with van der Waals surface area (Å²) in [7, 11) is -1.68. The molecule has 2 aromatic rings. The minimum absolute atomic E-state index is 0.0779. The number of phenols is 1. The van der Waals surface area contributed by atoms with Gasteiger partial charge in [0.25, 0.3) is 0 Å². The Balaban J connectivity index is 1.39. The van der Waals surface area contributed by atoms with Crippen LogP contribution in [-0.4, -0.2) is 46.8 Å². The lowest BCUT2D eigenvalue weighted by Gasteiger charge is -2.32. The van der Waals surface area contributed by atoms with Gasteiger partial charge in [-0.1, -0.05) is 56.0 Å². The van der Waals surface area contributed by atoms with Crippen LogP contribution >= 0.6 is 0 Å². The molecule has 3 aliphatic rings. The topological polar surface area (TPSA) is 107 Å². The Kier molecular flexibility index (Phi) is 9.07. The number of allylic oxidation sites excluding steroid dienone is 2. The van der Waals surface area contributed by atoms with E-state index in [2.05, 4.69) is 19.9 Å². The number of hydrogen-bond donors (Lipinski definition) is 3. The van der Waals surface area contributed by atoms with Gasteiger partial charge in [-0.25, -0.2) is 0 Å². The molecule has 5 rings (SSSR count). The maximum atomic E-state index is 13.9. The molecular formula is C34H42BNO6. The summed E-state index contributed by atoms with van der Waals surface area (Å²) in [5, 5.41) is 29.5. The lowest BCUT2D eigenvalue weighted by atomic mass is 9.68. The van der Waals surface area contributed by atoms with Gasteiger partial charge in [-0.2, -0.15) is 0 Å². The van der Waals surface area contributed by atoms with E-state index in [0.29, 0.717) is 24.5 Å². The van der Waals surface area contributed by atoms with Crippen molar-refractivity contribution in [1.29, 1.82) is 0 Å². The molecule has 2 amide bonds. The molecule has 2 saturated heterocycles. The minimum Gasteiger partial charge on any atom is -0.507 e. The van der Waals surface area contributed by atoms with E-state index in [9.17, 15) is 24.7 Å². The molecular weight excluding hydrogens is 529 g/mol. The van der Waals surface area contributed by atoms with Gasteiger partial charge in [-0.15, -0.1) is 0 Å². The predicted octanol–water partition coefficient (Wildman–Crippen LogP) is 4.97. The molecule has 42 heavy (non-hydrogen) atoms. The first-order chi connectivity index (χ1) is 20.1. The number of rotatable bonds is 10. The molecule has 3 N–H and O–H groups in total. The molecule has 4 atom stereocenters. The first-order valence-corrected chi connectivity index (χ1v) is 15.3. The number of nitrogens with zero attached hydrogens (tertiary/aromatic N) is 1. The van der Waals surface area contributed by atoms with Crippen LogP contribution in [0.1, 0.15) is 75.5 Å². The molecule has 2 aliphatic heterocycles. The number of aromatic hydroxyl groups is 1. The van der Waals surface area contributed by atoms with Crippen LogP contribution in [0.25, 0.3) is 6.08 Å². The predicted molar refractivity (Wildman–Crippen MR) is 165 cm³/mol. The van der Waals surface area contributed by atoms with Gasteiger partial charge < -0.3 is 19.9 Å². The summed E-state index contributed by atoms with van der Waals surface area (Å²) in [5.41, 5.74) is 7.29. The normalized spacial score (nSPS) is 24.0. The smallest absolute Gasteiger partial charge is 0.488 e. The summed E-state index contributed by atoms with van der Waals surface area (Å²) in [6, 6.07) is 10.4. The van der Waals surface area contributed by atoms with Crippen molar-refractivity contribution in [2.75, 3.05) is 11.5 Å². The van der Waals surface area contributed by atoms with E-state index in [-0.39, 0.29) is 29.3 Å². The molecule has 0 saturated carbocycles. The summed E-state index contributed by atoms with van der Waals surface area (Å²) >= 11 is 0. The lowest BCUT2D eigenvalue weighted by molar-refractivity contribution is -0.122. The van der Waals surface area contributed by atoms with E-state index in [1.165, 1.54) is 27.7 Å². The SMILES string of the molecule is CCCC1=C2[C@@H](CC/C(=C/c3cc(C)c(O)c(C)c3)CCC)OC[C@@H]2[C@@H]2C(=O)N(c3cccc(B(O)O)c3)C(=O)[C@@H]2C1. The third-order valence-corrected chi connectivity index (χ3v) is 9.17. The van der Waals surface area contributed by atoms with E-state index in [1.807, 2.05) is 26.0 Å². The summed E-state index contributed by atoms with van der Waals surface area (Å²) in [5.74, 6) is -1.09. The van der Waals surface area contributed by atoms with E-state index in [4.69, 9.17) is 4.74 Å². The van der Waals surface area contributed by atoms with Crippen LogP contribution in [0.15, 0.2) is 53.1 Å². The second-order valence-corrected chi connectivity index (χ2v) is 12.1. The van der Waals surface area contributed by atoms with Crippen molar-refractivity contribution in [3.05, 3.63) is 69.8 Å². The van der Waals surface area contributed by atoms with Gasteiger partial charge in [0.15, 0.2) is 0 Å². The lowest BCUT2D eigenvalue weighted by Crippen LogP contribution is -2.35. The van der Waals surface area contributed by atoms with Gasteiger partial charge in [-0.05, 0) is 97.9 Å². The zero-order chi connectivity index (χ0) is 30.1. The Morgan fingerprint density at radius 1 is 1.02 bits per heavy atom. The number of ether oxygens (including phenoxy) is 1. The second kappa shape index (κ2) is 12.6. The fraction of sp³-hybridized carbons (Fsp3) is 0.471. The molecule has 222 valence electrons. The number of carbonyl (C=O) groups excluding carboxylic acids is 2. The van der Waals surface area contributed by atoms with Crippen molar-refractivity contribution < 1.29 is 29.5 Å². The molecule has 2 fully saturated rings. The van der Waals surface area contributed by atoms with Crippen LogP contribution in [0.2, 0.25) is 0 Å². The molecule has 2 aromatic carbocycles. The van der Waals surface area contributed by atoms with Gasteiger partial charge in [-0.3, -0.25) is 14.5 Å². The van der Waals surface area contributed by atoms with Crippen LogP contribution in [0, 0.1) is 31.6 Å². The summed E-state index contributed by atoms with van der Waals surface area (Å²) in [6.45, 7) is 8.60. The second-order valence-electron chi connectivity index (χ2n) is 12.1. The number of phenolic OH excluding ortho intramolecular Hbond substituents is 1. The van der Waals surface area contributed by atoms with E-state index in [1.54, 1.807) is 18.2 Å². The highest BCUT2D eigenvalue weighted by Crippen LogP contribution is 2.51. The van der Waals surface area contributed by atoms with Gasteiger partial charge in [0, 0.05) is 5.92 Å². The molecule has 0 spiro atoms. The van der Waals surface area contributed by atoms with Crippen LogP contribution in [0.3, 0.4) is 0 Å². The van der Waals surface area contributed by atoms with Crippen molar-refractivity contribution in [3.63, 3.8) is 0 Å². The zero-order valence-electron chi connectivity index (χ0n) is 25.1. The number of amides is 2. The standard InChI is InChI=1S/C34H42BNO6/c1-5-8-22(16-23-14-20(3)32(37)21(4)15-23)12-13-29-30-24(9-6-2)17-27-31(28(30)19-42-29)34(39)36(33(27)38)26-11-7-10-25(18-26)35(40)41/h7,10-11,14-16,18,27-29,31,37,40-41H,5-6,8-9,12-13,17,19H2,1-4H3/b22-16+/t27-,28+,29-,31-/m1/s1. The van der Waals surface area contributed by atoms with Crippen LogP contribution in [0.5, 0.6) is 5.75 Å². The summed E-state index contributed by atoms with van der Waals surface area (Å²) in [6.07, 6.45) is 8.27. The molecule has 0 aromatic heterocycles. The molecule has 1 aliphatic carbocycles. The van der Waals surface area contributed by atoms with Gasteiger partial charge in [0.2, 0.25) is 11.8 Å². The molecule has 0 unspecified atom stereocenters. The molecule has 0 bridgehead atoms.